The van der Waals surface area contributed by atoms with E-state index in [-0.39, 0.29) is 5.56 Å². The first kappa shape index (κ1) is 15.3. The lowest BCUT2D eigenvalue weighted by molar-refractivity contribution is 0.727. The van der Waals surface area contributed by atoms with Gasteiger partial charge in [0.05, 0.1) is 5.39 Å². The molecule has 0 radical (unpaired) electrons. The third-order valence-corrected chi connectivity index (χ3v) is 5.97. The molecule has 3 nitrogen and oxygen atoms in total. The minimum absolute atomic E-state index is 0.0639. The molecule has 5 heteroatoms. The molecule has 0 aliphatic rings. The summed E-state index contributed by atoms with van der Waals surface area (Å²) < 4.78 is 1.68. The van der Waals surface area contributed by atoms with E-state index in [1.54, 1.807) is 27.7 Å². The monoisotopic (exact) mass is 330 g/mol. The quantitative estimate of drug-likeness (QED) is 0.537. The van der Waals surface area contributed by atoms with Crippen LogP contribution in [-0.2, 0) is 13.5 Å². The fraction of sp³-hybridized carbons (Fsp3) is 0.294. The molecular formula is C17H18N2OS2. The lowest BCUT2D eigenvalue weighted by Crippen LogP contribution is -2.20. The normalized spacial score (nSPS) is 11.2. The molecule has 0 unspecified atom stereocenters. The van der Waals surface area contributed by atoms with Gasteiger partial charge in [0, 0.05) is 17.7 Å². The summed E-state index contributed by atoms with van der Waals surface area (Å²) in [7, 11) is 1.81. The highest BCUT2D eigenvalue weighted by molar-refractivity contribution is 7.99. The largest absolute Gasteiger partial charge is 0.290 e. The molecule has 1 aromatic carbocycles. The molecule has 114 valence electrons. The van der Waals surface area contributed by atoms with Crippen molar-refractivity contribution >= 4 is 33.3 Å². The molecule has 0 spiro atoms. The number of thioether (sulfide) groups is 1. The Labute approximate surface area is 138 Å². The fourth-order valence-electron chi connectivity index (χ4n) is 2.39. The van der Waals surface area contributed by atoms with Crippen molar-refractivity contribution < 1.29 is 0 Å². The van der Waals surface area contributed by atoms with Crippen LogP contribution in [0.1, 0.15) is 16.0 Å². The average molecular weight is 330 g/mol. The SMILES string of the molecule is Cc1sc2nc(SCCc3ccccc3)n(C)c(=O)c2c1C. The third kappa shape index (κ3) is 2.83. The molecule has 0 bridgehead atoms. The van der Waals surface area contributed by atoms with Crippen molar-refractivity contribution in [3.05, 3.63) is 56.7 Å². The second-order valence-electron chi connectivity index (χ2n) is 5.31. The number of nitrogens with zero attached hydrogens (tertiary/aromatic N) is 2. The zero-order valence-electron chi connectivity index (χ0n) is 12.9. The second-order valence-corrected chi connectivity index (χ2v) is 7.57. The number of rotatable bonds is 4. The molecular weight excluding hydrogens is 312 g/mol. The average Bonchev–Trinajstić information content (AvgIpc) is 2.80. The van der Waals surface area contributed by atoms with Crippen molar-refractivity contribution in [3.8, 4) is 0 Å². The summed E-state index contributed by atoms with van der Waals surface area (Å²) in [5.74, 6) is 0.916. The predicted octanol–water partition coefficient (Wildman–Crippen LogP) is 3.95. The van der Waals surface area contributed by atoms with Gasteiger partial charge in [-0.1, -0.05) is 42.1 Å². The van der Waals surface area contributed by atoms with E-state index in [0.29, 0.717) is 0 Å². The summed E-state index contributed by atoms with van der Waals surface area (Å²) in [6.45, 7) is 4.04. The molecule has 22 heavy (non-hydrogen) atoms. The maximum Gasteiger partial charge on any atom is 0.262 e. The van der Waals surface area contributed by atoms with Crippen LogP contribution in [0.15, 0.2) is 40.3 Å². The molecule has 0 fully saturated rings. The van der Waals surface area contributed by atoms with E-state index in [1.807, 2.05) is 27.0 Å². The highest BCUT2D eigenvalue weighted by Crippen LogP contribution is 2.28. The smallest absolute Gasteiger partial charge is 0.262 e. The number of benzene rings is 1. The number of aromatic nitrogens is 2. The van der Waals surface area contributed by atoms with Gasteiger partial charge in [0.25, 0.3) is 5.56 Å². The van der Waals surface area contributed by atoms with Crippen molar-refractivity contribution in [2.45, 2.75) is 25.4 Å². The van der Waals surface area contributed by atoms with Crippen LogP contribution in [0, 0.1) is 13.8 Å². The summed E-state index contributed by atoms with van der Waals surface area (Å²) >= 11 is 3.25. The van der Waals surface area contributed by atoms with Crippen LogP contribution in [0.3, 0.4) is 0 Å². The maximum atomic E-state index is 12.5. The highest BCUT2D eigenvalue weighted by atomic mass is 32.2. The van der Waals surface area contributed by atoms with Gasteiger partial charge in [-0.25, -0.2) is 4.98 Å². The number of hydrogen-bond acceptors (Lipinski definition) is 4. The van der Waals surface area contributed by atoms with E-state index in [1.165, 1.54) is 10.4 Å². The molecule has 0 atom stereocenters. The van der Waals surface area contributed by atoms with Crippen molar-refractivity contribution in [1.29, 1.82) is 0 Å². The van der Waals surface area contributed by atoms with Crippen molar-refractivity contribution in [2.75, 3.05) is 5.75 Å². The molecule has 3 aromatic rings. The first-order valence-corrected chi connectivity index (χ1v) is 9.01. The van der Waals surface area contributed by atoms with Gasteiger partial charge in [-0.15, -0.1) is 11.3 Å². The minimum atomic E-state index is 0.0639. The molecule has 0 N–H and O–H groups in total. The molecule has 2 heterocycles. The standard InChI is InChI=1S/C17H18N2OS2/c1-11-12(2)22-15-14(11)16(20)19(3)17(18-15)21-10-9-13-7-5-4-6-8-13/h4-8H,9-10H2,1-3H3. The van der Waals surface area contributed by atoms with E-state index < -0.39 is 0 Å². The van der Waals surface area contributed by atoms with E-state index in [4.69, 9.17) is 4.98 Å². The van der Waals surface area contributed by atoms with Crippen LogP contribution in [-0.4, -0.2) is 15.3 Å². The van der Waals surface area contributed by atoms with Gasteiger partial charge in [-0.2, -0.15) is 0 Å². The van der Waals surface area contributed by atoms with Crippen molar-refractivity contribution in [2.24, 2.45) is 7.05 Å². The zero-order chi connectivity index (χ0) is 15.7. The molecule has 3 rings (SSSR count). The summed E-state index contributed by atoms with van der Waals surface area (Å²) in [6.07, 6.45) is 0.974. The van der Waals surface area contributed by atoms with E-state index in [9.17, 15) is 4.79 Å². The van der Waals surface area contributed by atoms with Gasteiger partial charge in [0.2, 0.25) is 0 Å². The summed E-state index contributed by atoms with van der Waals surface area (Å²) in [5.41, 5.74) is 2.44. The fourth-order valence-corrected chi connectivity index (χ4v) is 4.42. The van der Waals surface area contributed by atoms with Gasteiger partial charge in [0.1, 0.15) is 4.83 Å². The van der Waals surface area contributed by atoms with Gasteiger partial charge >= 0.3 is 0 Å². The Morgan fingerprint density at radius 3 is 2.68 bits per heavy atom. The Kier molecular flexibility index (Phi) is 4.36. The molecule has 0 saturated carbocycles. The van der Waals surface area contributed by atoms with Gasteiger partial charge < -0.3 is 0 Å². The van der Waals surface area contributed by atoms with Gasteiger partial charge in [-0.05, 0) is 31.4 Å². The topological polar surface area (TPSA) is 34.9 Å². The highest BCUT2D eigenvalue weighted by Gasteiger charge is 2.14. The summed E-state index contributed by atoms with van der Waals surface area (Å²) in [4.78, 5) is 19.3. The zero-order valence-corrected chi connectivity index (χ0v) is 14.6. The maximum absolute atomic E-state index is 12.5. The summed E-state index contributed by atoms with van der Waals surface area (Å²) in [5, 5.41) is 1.58. The van der Waals surface area contributed by atoms with E-state index >= 15 is 0 Å². The lowest BCUT2D eigenvalue weighted by atomic mass is 10.2. The first-order chi connectivity index (χ1) is 10.6. The molecule has 0 aliphatic carbocycles. The Morgan fingerprint density at radius 2 is 1.95 bits per heavy atom. The molecule has 0 amide bonds. The van der Waals surface area contributed by atoms with Crippen LogP contribution in [0.25, 0.3) is 10.2 Å². The minimum Gasteiger partial charge on any atom is -0.290 e. The lowest BCUT2D eigenvalue weighted by Gasteiger charge is -2.07. The molecule has 0 aliphatic heterocycles. The number of hydrogen-bond donors (Lipinski definition) is 0. The Hall–Kier alpha value is -1.59. The van der Waals surface area contributed by atoms with Gasteiger partial charge in [0.15, 0.2) is 5.16 Å². The van der Waals surface area contributed by atoms with E-state index in [0.717, 1.165) is 33.1 Å². The van der Waals surface area contributed by atoms with Crippen molar-refractivity contribution in [1.82, 2.24) is 9.55 Å². The van der Waals surface area contributed by atoms with Crippen LogP contribution in [0.2, 0.25) is 0 Å². The third-order valence-electron chi connectivity index (χ3n) is 3.83. The molecule has 0 saturated heterocycles. The Balaban J connectivity index is 1.85. The number of fused-ring (bicyclic) bond motifs is 1. The molecule has 2 aromatic heterocycles. The second kappa shape index (κ2) is 6.26. The van der Waals surface area contributed by atoms with Crippen molar-refractivity contribution in [3.63, 3.8) is 0 Å². The number of aryl methyl sites for hydroxylation is 3. The first-order valence-electron chi connectivity index (χ1n) is 7.21. The Bertz CT molecular complexity index is 866. The number of thiophene rings is 1. The van der Waals surface area contributed by atoms with Crippen LogP contribution >= 0.6 is 23.1 Å². The van der Waals surface area contributed by atoms with Gasteiger partial charge in [-0.3, -0.25) is 9.36 Å². The Morgan fingerprint density at radius 1 is 1.23 bits per heavy atom. The summed E-state index contributed by atoms with van der Waals surface area (Å²) in [6, 6.07) is 10.4. The van der Waals surface area contributed by atoms with Crippen LogP contribution in [0.4, 0.5) is 0 Å². The predicted molar refractivity (Wildman–Crippen MR) is 95.2 cm³/mol. The van der Waals surface area contributed by atoms with E-state index in [2.05, 4.69) is 24.3 Å². The van der Waals surface area contributed by atoms with Crippen LogP contribution < -0.4 is 5.56 Å². The van der Waals surface area contributed by atoms with Crippen LogP contribution in [0.5, 0.6) is 0 Å².